The van der Waals surface area contributed by atoms with Crippen LogP contribution in [0, 0.1) is 5.41 Å². The first-order valence-corrected chi connectivity index (χ1v) is 14.2. The van der Waals surface area contributed by atoms with Gasteiger partial charge in [-0.3, -0.25) is 24.9 Å². The number of rotatable bonds is 9. The average molecular weight is 593 g/mol. The summed E-state index contributed by atoms with van der Waals surface area (Å²) in [5.74, 6) is -0.387. The van der Waals surface area contributed by atoms with E-state index in [1.54, 1.807) is 31.2 Å². The molecule has 1 aromatic heterocycles. The monoisotopic (exact) mass is 592 g/mol. The van der Waals surface area contributed by atoms with E-state index in [1.165, 1.54) is 4.57 Å². The van der Waals surface area contributed by atoms with Gasteiger partial charge in [0.25, 0.3) is 5.56 Å². The van der Waals surface area contributed by atoms with Crippen LogP contribution in [0.25, 0.3) is 0 Å². The molecule has 0 radical (unpaired) electrons. The second kappa shape index (κ2) is 12.3. The Morgan fingerprint density at radius 1 is 1.14 bits per heavy atom. The van der Waals surface area contributed by atoms with Crippen LogP contribution >= 0.6 is 11.6 Å². The number of nitrogens with zero attached hydrogens (tertiary/aromatic N) is 2. The zero-order valence-corrected chi connectivity index (χ0v) is 23.9. The van der Waals surface area contributed by atoms with E-state index in [-0.39, 0.29) is 54.9 Å². The smallest absolute Gasteiger partial charge is 0.413 e. The first-order chi connectivity index (χ1) is 20.2. The Bertz CT molecular complexity index is 1540. The van der Waals surface area contributed by atoms with Gasteiger partial charge in [0.2, 0.25) is 5.91 Å². The number of anilines is 1. The zero-order chi connectivity index (χ0) is 29.9. The number of aliphatic hydroxyl groups excluding tert-OH is 1. The maximum absolute atomic E-state index is 13.4. The molecular formula is C30H33ClN6O5. The minimum Gasteiger partial charge on any atom is -0.444 e. The molecule has 1 aliphatic heterocycles. The third kappa shape index (κ3) is 6.17. The van der Waals surface area contributed by atoms with Crippen molar-refractivity contribution in [3.8, 4) is 0 Å². The lowest BCUT2D eigenvalue weighted by molar-refractivity contribution is -0.124. The Labute approximate surface area is 247 Å². The van der Waals surface area contributed by atoms with Gasteiger partial charge >= 0.3 is 6.09 Å². The Hall–Kier alpha value is -4.22. The normalized spacial score (nSPS) is 19.4. The Kier molecular flexibility index (Phi) is 8.60. The van der Waals surface area contributed by atoms with Crippen molar-refractivity contribution in [2.24, 2.45) is 0 Å². The molecule has 5 N–H and O–H groups in total. The number of ether oxygens (including phenoxy) is 1. The number of aromatic nitrogens is 2. The maximum Gasteiger partial charge on any atom is 0.413 e. The molecule has 0 spiro atoms. The maximum atomic E-state index is 13.4. The quantitative estimate of drug-likeness (QED) is 0.187. The summed E-state index contributed by atoms with van der Waals surface area (Å²) >= 11 is 6.51. The fraction of sp³-hybridized carbons (Fsp3) is 0.367. The summed E-state index contributed by atoms with van der Waals surface area (Å²) in [7, 11) is 0. The minimum absolute atomic E-state index is 0.0920. The third-order valence-electron chi connectivity index (χ3n) is 7.84. The van der Waals surface area contributed by atoms with Crippen LogP contribution in [0.5, 0.6) is 0 Å². The molecule has 0 unspecified atom stereocenters. The van der Waals surface area contributed by atoms with E-state index in [2.05, 4.69) is 20.9 Å². The highest BCUT2D eigenvalue weighted by Gasteiger charge is 2.46. The standard InChI is InChI=1S/C30H33ClN6O5/c1-30(17-38)14-22(37-23(30)24(31)35-26(28(37)40)34-21-8-5-9-21)27(39)33-15-18-10-12-20(13-11-18)25(32)36-29(41)42-16-19-6-3-2-4-7-19/h2-4,6-7,10-13,21-22,38H,5,8-9,14-17H2,1H3,(H,33,39)(H,34,35)(H2,32,36,41)/t22-,30-/m0/s1. The third-order valence-corrected chi connectivity index (χ3v) is 8.11. The molecule has 2 amide bonds. The SMILES string of the molecule is C[C@@]1(CO)C[C@@H](C(=O)NCc2ccc(C(=N)NC(=O)OCc3ccccc3)cc2)n2c1c(Cl)nc(NC1CCC1)c2=O. The van der Waals surface area contributed by atoms with Crippen molar-refractivity contribution >= 4 is 35.3 Å². The number of carbonyl (C=O) groups excluding carboxylic acids is 2. The Morgan fingerprint density at radius 2 is 1.86 bits per heavy atom. The van der Waals surface area contributed by atoms with Crippen molar-refractivity contribution in [2.45, 2.75) is 63.3 Å². The van der Waals surface area contributed by atoms with Gasteiger partial charge in [0.05, 0.1) is 12.3 Å². The number of nitrogens with one attached hydrogen (secondary N) is 4. The summed E-state index contributed by atoms with van der Waals surface area (Å²) in [4.78, 5) is 43.2. The van der Waals surface area contributed by atoms with E-state index in [9.17, 15) is 19.5 Å². The number of fused-ring (bicyclic) bond motifs is 1. The number of amides is 2. The first-order valence-electron chi connectivity index (χ1n) is 13.8. The van der Waals surface area contributed by atoms with Crippen LogP contribution in [0.2, 0.25) is 5.15 Å². The van der Waals surface area contributed by atoms with Crippen LogP contribution in [-0.2, 0) is 28.1 Å². The van der Waals surface area contributed by atoms with Crippen LogP contribution in [0.15, 0.2) is 59.4 Å². The number of benzene rings is 2. The number of hydrogen-bond donors (Lipinski definition) is 5. The van der Waals surface area contributed by atoms with Crippen molar-refractivity contribution in [1.29, 1.82) is 5.41 Å². The van der Waals surface area contributed by atoms with Gasteiger partial charge in [0.15, 0.2) is 11.0 Å². The molecule has 2 aromatic carbocycles. The largest absolute Gasteiger partial charge is 0.444 e. The van der Waals surface area contributed by atoms with Crippen molar-refractivity contribution in [1.82, 2.24) is 20.2 Å². The molecule has 5 rings (SSSR count). The lowest BCUT2D eigenvalue weighted by Crippen LogP contribution is -2.38. The van der Waals surface area contributed by atoms with Gasteiger partial charge in [0, 0.05) is 23.6 Å². The van der Waals surface area contributed by atoms with Gasteiger partial charge in [-0.25, -0.2) is 9.78 Å². The molecule has 2 atom stereocenters. The highest BCUT2D eigenvalue weighted by Crippen LogP contribution is 2.43. The fourth-order valence-electron chi connectivity index (χ4n) is 5.18. The molecule has 220 valence electrons. The number of carbonyl (C=O) groups is 2. The molecule has 0 bridgehead atoms. The molecular weight excluding hydrogens is 560 g/mol. The molecule has 1 saturated carbocycles. The van der Waals surface area contributed by atoms with Crippen LogP contribution in [0.3, 0.4) is 0 Å². The van der Waals surface area contributed by atoms with E-state index < -0.39 is 23.1 Å². The van der Waals surface area contributed by atoms with Crippen LogP contribution in [-0.4, -0.2) is 45.1 Å². The van der Waals surface area contributed by atoms with Crippen LogP contribution < -0.4 is 21.5 Å². The molecule has 1 fully saturated rings. The molecule has 11 nitrogen and oxygen atoms in total. The number of aliphatic hydroxyl groups is 1. The van der Waals surface area contributed by atoms with E-state index in [0.717, 1.165) is 30.4 Å². The topological polar surface area (TPSA) is 158 Å². The summed E-state index contributed by atoms with van der Waals surface area (Å²) in [5, 5.41) is 26.9. The number of hydrogen-bond acceptors (Lipinski definition) is 8. The number of amidine groups is 1. The second-order valence-electron chi connectivity index (χ2n) is 11.0. The molecule has 42 heavy (non-hydrogen) atoms. The molecule has 12 heteroatoms. The molecule has 3 aromatic rings. The van der Waals surface area contributed by atoms with Crippen molar-refractivity contribution < 1.29 is 19.4 Å². The van der Waals surface area contributed by atoms with Gasteiger partial charge < -0.3 is 20.5 Å². The average Bonchev–Trinajstić information content (AvgIpc) is 3.30. The predicted octanol–water partition coefficient (Wildman–Crippen LogP) is 3.62. The zero-order valence-electron chi connectivity index (χ0n) is 23.2. The fourth-order valence-corrected chi connectivity index (χ4v) is 5.59. The lowest BCUT2D eigenvalue weighted by Gasteiger charge is -2.27. The van der Waals surface area contributed by atoms with Crippen LogP contribution in [0.1, 0.15) is 61.0 Å². The van der Waals surface area contributed by atoms with Crippen molar-refractivity contribution in [3.05, 3.63) is 92.5 Å². The first kappa shape index (κ1) is 29.3. The highest BCUT2D eigenvalue weighted by atomic mass is 35.5. The minimum atomic E-state index is -0.905. The van der Waals surface area contributed by atoms with Gasteiger partial charge in [0.1, 0.15) is 18.5 Å². The second-order valence-corrected chi connectivity index (χ2v) is 11.3. The van der Waals surface area contributed by atoms with Crippen molar-refractivity contribution in [3.63, 3.8) is 0 Å². The Morgan fingerprint density at radius 3 is 2.50 bits per heavy atom. The predicted molar refractivity (Wildman–Crippen MR) is 158 cm³/mol. The van der Waals surface area contributed by atoms with Gasteiger partial charge in [-0.05, 0) is 36.8 Å². The lowest BCUT2D eigenvalue weighted by atomic mass is 9.85. The van der Waals surface area contributed by atoms with Gasteiger partial charge in [-0.15, -0.1) is 0 Å². The van der Waals surface area contributed by atoms with E-state index >= 15 is 0 Å². The summed E-state index contributed by atoms with van der Waals surface area (Å²) in [6.07, 6.45) is 2.41. The van der Waals surface area contributed by atoms with E-state index in [4.69, 9.17) is 21.7 Å². The number of halogens is 1. The van der Waals surface area contributed by atoms with Crippen molar-refractivity contribution in [2.75, 3.05) is 11.9 Å². The molecule has 0 saturated heterocycles. The van der Waals surface area contributed by atoms with E-state index in [0.29, 0.717) is 11.3 Å². The molecule has 2 aliphatic rings. The molecule has 2 heterocycles. The summed E-state index contributed by atoms with van der Waals surface area (Å²) in [6, 6.07) is 15.3. The number of alkyl carbamates (subject to hydrolysis) is 1. The Balaban J connectivity index is 1.21. The summed E-state index contributed by atoms with van der Waals surface area (Å²) in [6.45, 7) is 1.72. The highest BCUT2D eigenvalue weighted by molar-refractivity contribution is 6.30. The summed E-state index contributed by atoms with van der Waals surface area (Å²) < 4.78 is 6.53. The summed E-state index contributed by atoms with van der Waals surface area (Å²) in [5.41, 5.74) is 1.07. The van der Waals surface area contributed by atoms with E-state index in [1.807, 2.05) is 30.3 Å². The van der Waals surface area contributed by atoms with Gasteiger partial charge in [-0.1, -0.05) is 73.1 Å². The molecule has 1 aliphatic carbocycles. The van der Waals surface area contributed by atoms with Gasteiger partial charge in [-0.2, -0.15) is 0 Å². The van der Waals surface area contributed by atoms with Crippen LogP contribution in [0.4, 0.5) is 10.6 Å².